The van der Waals surface area contributed by atoms with Crippen LogP contribution >= 0.6 is 0 Å². The summed E-state index contributed by atoms with van der Waals surface area (Å²) < 4.78 is 10.5. The third-order valence-corrected chi connectivity index (χ3v) is 7.21. The summed E-state index contributed by atoms with van der Waals surface area (Å²) >= 11 is 0. The minimum atomic E-state index is -0.960. The molecule has 1 aliphatic carbocycles. The smallest absolute Gasteiger partial charge is 0.329 e. The van der Waals surface area contributed by atoms with Gasteiger partial charge in [-0.3, -0.25) is 9.59 Å². The van der Waals surface area contributed by atoms with Gasteiger partial charge in [0.25, 0.3) is 5.91 Å². The molecule has 0 radical (unpaired) electrons. The molecule has 1 unspecified atom stereocenters. The molecule has 0 spiro atoms. The number of furan rings is 1. The predicted molar refractivity (Wildman–Crippen MR) is 141 cm³/mol. The number of esters is 1. The lowest BCUT2D eigenvalue weighted by Crippen LogP contribution is -2.43. The van der Waals surface area contributed by atoms with E-state index in [1.165, 1.54) is 56.4 Å². The Morgan fingerprint density at radius 1 is 0.946 bits per heavy atom. The van der Waals surface area contributed by atoms with Crippen LogP contribution < -0.4 is 5.32 Å². The van der Waals surface area contributed by atoms with Crippen molar-refractivity contribution in [1.82, 2.24) is 5.32 Å². The molecule has 1 N–H and O–H groups in total. The highest BCUT2D eigenvalue weighted by atomic mass is 16.5. The summed E-state index contributed by atoms with van der Waals surface area (Å²) in [7, 11) is 0. The van der Waals surface area contributed by atoms with Crippen LogP contribution in [0.1, 0.15) is 83.4 Å². The molecule has 3 aromatic rings. The summed E-state index contributed by atoms with van der Waals surface area (Å²) in [6.07, 6.45) is 9.13. The molecule has 194 valence electrons. The van der Waals surface area contributed by atoms with E-state index in [0.717, 1.165) is 11.5 Å². The Balaban J connectivity index is 1.33. The molecule has 1 fully saturated rings. The summed E-state index contributed by atoms with van der Waals surface area (Å²) in [6.45, 7) is 1.86. The zero-order valence-electron chi connectivity index (χ0n) is 21.4. The van der Waals surface area contributed by atoms with E-state index in [4.69, 9.17) is 9.15 Å². The molecule has 37 heavy (non-hydrogen) atoms. The Labute approximate surface area is 218 Å². The molecule has 1 atom stereocenters. The van der Waals surface area contributed by atoms with Gasteiger partial charge in [0.15, 0.2) is 18.2 Å². The first-order valence-corrected chi connectivity index (χ1v) is 13.2. The zero-order valence-corrected chi connectivity index (χ0v) is 21.4. The number of carbonyl (C=O) groups is 3. The topological polar surface area (TPSA) is 85.6 Å². The van der Waals surface area contributed by atoms with Crippen molar-refractivity contribution in [2.24, 2.45) is 5.92 Å². The van der Waals surface area contributed by atoms with E-state index >= 15 is 0 Å². The number of hydrogen-bond donors (Lipinski definition) is 1. The highest BCUT2D eigenvalue weighted by Crippen LogP contribution is 2.37. The average molecular weight is 502 g/mol. The lowest BCUT2D eigenvalue weighted by molar-refractivity contribution is -0.144. The second-order valence-electron chi connectivity index (χ2n) is 9.85. The van der Waals surface area contributed by atoms with E-state index in [1.54, 1.807) is 6.07 Å². The van der Waals surface area contributed by atoms with Crippen molar-refractivity contribution >= 4 is 17.7 Å². The summed E-state index contributed by atoms with van der Waals surface area (Å²) in [5.74, 6) is 0.0346. The molecule has 1 aliphatic rings. The molecule has 0 bridgehead atoms. The van der Waals surface area contributed by atoms with E-state index in [-0.39, 0.29) is 24.6 Å². The van der Waals surface area contributed by atoms with Gasteiger partial charge < -0.3 is 14.5 Å². The number of Topliss-reactive ketones (excluding diaryl/α,β-unsaturated/α-hetero) is 1. The van der Waals surface area contributed by atoms with E-state index in [2.05, 4.69) is 12.2 Å². The minimum absolute atomic E-state index is 0.0980. The van der Waals surface area contributed by atoms with Gasteiger partial charge in [0, 0.05) is 12.0 Å². The fourth-order valence-corrected chi connectivity index (χ4v) is 5.13. The van der Waals surface area contributed by atoms with E-state index in [0.29, 0.717) is 11.5 Å². The first kappa shape index (κ1) is 26.4. The van der Waals surface area contributed by atoms with Gasteiger partial charge >= 0.3 is 5.97 Å². The zero-order chi connectivity index (χ0) is 26.0. The number of ether oxygens (including phenoxy) is 1. The number of benzene rings is 2. The molecule has 0 saturated heterocycles. The van der Waals surface area contributed by atoms with Crippen molar-refractivity contribution in [3.8, 4) is 0 Å². The number of amides is 1. The maximum Gasteiger partial charge on any atom is 0.329 e. The Kier molecular flexibility index (Phi) is 9.30. The summed E-state index contributed by atoms with van der Waals surface area (Å²) in [6, 6.07) is 19.2. The van der Waals surface area contributed by atoms with Crippen molar-refractivity contribution in [2.75, 3.05) is 6.61 Å². The average Bonchev–Trinajstić information content (AvgIpc) is 3.48. The molecule has 1 amide bonds. The van der Waals surface area contributed by atoms with Crippen molar-refractivity contribution in [2.45, 2.75) is 63.8 Å². The molecule has 2 aromatic carbocycles. The van der Waals surface area contributed by atoms with Gasteiger partial charge in [-0.1, -0.05) is 74.4 Å². The molecule has 0 aliphatic heterocycles. The van der Waals surface area contributed by atoms with Crippen molar-refractivity contribution < 1.29 is 23.5 Å². The highest BCUT2D eigenvalue weighted by Gasteiger charge is 2.26. The SMILES string of the molecule is CCCC1CCC(c2ccc(C(=O)COC(=O)C(Cc3ccccc3)NC(=O)c3ccco3)cc2)CC1. The van der Waals surface area contributed by atoms with Gasteiger partial charge in [-0.05, 0) is 60.8 Å². The van der Waals surface area contributed by atoms with Crippen LogP contribution in [0.3, 0.4) is 0 Å². The number of carbonyl (C=O) groups excluding carboxylic acids is 3. The monoisotopic (exact) mass is 501 g/mol. The maximum atomic E-state index is 12.9. The molecule has 1 heterocycles. The first-order valence-electron chi connectivity index (χ1n) is 13.2. The van der Waals surface area contributed by atoms with Gasteiger partial charge in [-0.2, -0.15) is 0 Å². The molecule has 6 heteroatoms. The van der Waals surface area contributed by atoms with Crippen molar-refractivity contribution in [3.05, 3.63) is 95.4 Å². The van der Waals surface area contributed by atoms with Crippen LogP contribution in [0.15, 0.2) is 77.4 Å². The van der Waals surface area contributed by atoms with Crippen LogP contribution in [0.25, 0.3) is 0 Å². The first-order chi connectivity index (χ1) is 18.0. The third-order valence-electron chi connectivity index (χ3n) is 7.21. The standard InChI is InChI=1S/C31H35NO5/c1-2-7-22-11-13-24(14-12-22)25-15-17-26(18-16-25)28(33)21-37-31(35)27(20-23-8-4-3-5-9-23)32-30(34)29-10-6-19-36-29/h3-6,8-10,15-19,22,24,27H,2,7,11-14,20-21H2,1H3,(H,32,34). The Morgan fingerprint density at radius 3 is 2.32 bits per heavy atom. The van der Waals surface area contributed by atoms with Gasteiger partial charge in [-0.25, -0.2) is 4.79 Å². The van der Waals surface area contributed by atoms with Crippen LogP contribution in [-0.4, -0.2) is 30.3 Å². The van der Waals surface area contributed by atoms with Gasteiger partial charge in [0.05, 0.1) is 6.26 Å². The van der Waals surface area contributed by atoms with Crippen LogP contribution in [0, 0.1) is 5.92 Å². The quantitative estimate of drug-likeness (QED) is 0.253. The van der Waals surface area contributed by atoms with Crippen molar-refractivity contribution in [3.63, 3.8) is 0 Å². The number of nitrogens with one attached hydrogen (secondary N) is 1. The lowest BCUT2D eigenvalue weighted by atomic mass is 9.77. The molecular weight excluding hydrogens is 466 g/mol. The number of hydrogen-bond acceptors (Lipinski definition) is 5. The fourth-order valence-electron chi connectivity index (χ4n) is 5.13. The van der Waals surface area contributed by atoms with Gasteiger partial charge in [0.1, 0.15) is 6.04 Å². The normalized spacial score (nSPS) is 18.1. The number of ketones is 1. The second-order valence-corrected chi connectivity index (χ2v) is 9.85. The molecule has 1 aromatic heterocycles. The van der Waals surface area contributed by atoms with Crippen LogP contribution in [0.4, 0.5) is 0 Å². The summed E-state index contributed by atoms with van der Waals surface area (Å²) in [4.78, 5) is 38.2. The Hall–Kier alpha value is -3.67. The number of rotatable bonds is 11. The van der Waals surface area contributed by atoms with Gasteiger partial charge in [0.2, 0.25) is 0 Å². The summed E-state index contributed by atoms with van der Waals surface area (Å²) in [5, 5.41) is 2.67. The Morgan fingerprint density at radius 2 is 1.68 bits per heavy atom. The maximum absolute atomic E-state index is 12.9. The van der Waals surface area contributed by atoms with E-state index < -0.39 is 17.9 Å². The Bertz CT molecular complexity index is 1150. The predicted octanol–water partition coefficient (Wildman–Crippen LogP) is 6.12. The molecule has 1 saturated carbocycles. The highest BCUT2D eigenvalue weighted by molar-refractivity contribution is 5.99. The molecule has 4 rings (SSSR count). The lowest BCUT2D eigenvalue weighted by Gasteiger charge is -2.28. The second kappa shape index (κ2) is 13.0. The van der Waals surface area contributed by atoms with Gasteiger partial charge in [-0.15, -0.1) is 0 Å². The summed E-state index contributed by atoms with van der Waals surface area (Å²) in [5.41, 5.74) is 2.64. The third kappa shape index (κ3) is 7.42. The van der Waals surface area contributed by atoms with E-state index in [1.807, 2.05) is 54.6 Å². The van der Waals surface area contributed by atoms with Crippen molar-refractivity contribution in [1.29, 1.82) is 0 Å². The minimum Gasteiger partial charge on any atom is -0.459 e. The fraction of sp³-hybridized carbons (Fsp3) is 0.387. The van der Waals surface area contributed by atoms with Crippen LogP contribution in [0.2, 0.25) is 0 Å². The van der Waals surface area contributed by atoms with E-state index in [9.17, 15) is 14.4 Å². The largest absolute Gasteiger partial charge is 0.459 e. The van der Waals surface area contributed by atoms with Crippen LogP contribution in [0.5, 0.6) is 0 Å². The molecular formula is C31H35NO5. The molecule has 6 nitrogen and oxygen atoms in total. The van der Waals surface area contributed by atoms with Crippen LogP contribution in [-0.2, 0) is 16.0 Å².